The number of hydrogen-bond donors (Lipinski definition) is 1. The molecule has 0 saturated heterocycles. The number of carbonyl (C=O) groups excluding carboxylic acids is 1. The van der Waals surface area contributed by atoms with E-state index in [2.05, 4.69) is 24.7 Å². The zero-order valence-corrected chi connectivity index (χ0v) is 9.88. The Balaban J connectivity index is 0. The Morgan fingerprint density at radius 3 is 2.07 bits per heavy atom. The molecular formula is C10H24N2O2. The topological polar surface area (TPSA) is 71.0 Å². The number of hydrogen-bond acceptors (Lipinski definition) is 3. The number of nitrogens with zero attached hydrogens (tertiary/aromatic N) is 1. The van der Waals surface area contributed by atoms with Crippen molar-refractivity contribution in [1.82, 2.24) is 4.90 Å². The molecule has 0 bridgehead atoms. The van der Waals surface area contributed by atoms with E-state index in [0.717, 1.165) is 6.54 Å². The molecule has 14 heavy (non-hydrogen) atoms. The van der Waals surface area contributed by atoms with Crippen LogP contribution in [0.15, 0.2) is 0 Å². The van der Waals surface area contributed by atoms with Gasteiger partial charge in [0.25, 0.3) is 0 Å². The fourth-order valence-corrected chi connectivity index (χ4v) is 0.595. The second kappa shape index (κ2) is 10.5. The standard InChI is InChI=1S/C5H14N2.C5H10O2/c1-7(2)5-3-4-6;1-3-4(2)5(6)7/h3-6H2,1-2H3;4H,3H2,1-2H3,(H,6,7). The van der Waals surface area contributed by atoms with Gasteiger partial charge in [-0.15, -0.1) is 0 Å². The molecule has 4 nitrogen and oxygen atoms in total. The van der Waals surface area contributed by atoms with Crippen molar-refractivity contribution in [2.45, 2.75) is 26.7 Å². The van der Waals surface area contributed by atoms with E-state index >= 15 is 0 Å². The van der Waals surface area contributed by atoms with Gasteiger partial charge in [-0.3, -0.25) is 0 Å². The average Bonchev–Trinajstić information content (AvgIpc) is 2.14. The summed E-state index contributed by atoms with van der Waals surface area (Å²) in [5.74, 6) is -1.25. The van der Waals surface area contributed by atoms with Gasteiger partial charge < -0.3 is 20.5 Å². The van der Waals surface area contributed by atoms with Crippen molar-refractivity contribution in [3.8, 4) is 0 Å². The smallest absolute Gasteiger partial charge is 0.0752 e. The highest BCUT2D eigenvalue weighted by Gasteiger charge is 1.94. The molecule has 0 radical (unpaired) electrons. The normalized spacial score (nSPS) is 11.9. The van der Waals surface area contributed by atoms with Crippen molar-refractivity contribution in [2.24, 2.45) is 5.92 Å². The summed E-state index contributed by atoms with van der Waals surface area (Å²) in [4.78, 5) is 12.0. The quantitative estimate of drug-likeness (QED) is 0.622. The number of quaternary nitrogens is 1. The van der Waals surface area contributed by atoms with Gasteiger partial charge in [-0.05, 0) is 26.4 Å². The van der Waals surface area contributed by atoms with Gasteiger partial charge in [0.1, 0.15) is 0 Å². The third-order valence-corrected chi connectivity index (χ3v) is 1.87. The van der Waals surface area contributed by atoms with Gasteiger partial charge in [0, 0.05) is 18.9 Å². The Kier molecular flexibility index (Phi) is 11.9. The monoisotopic (exact) mass is 204 g/mol. The predicted octanol–water partition coefficient (Wildman–Crippen LogP) is -1.04. The van der Waals surface area contributed by atoms with Crippen LogP contribution < -0.4 is 10.8 Å². The zero-order chi connectivity index (χ0) is 11.6. The maximum Gasteiger partial charge on any atom is 0.0752 e. The van der Waals surface area contributed by atoms with Crippen LogP contribution >= 0.6 is 0 Å². The summed E-state index contributed by atoms with van der Waals surface area (Å²) >= 11 is 0. The van der Waals surface area contributed by atoms with Crippen LogP contribution in [0.25, 0.3) is 0 Å². The van der Waals surface area contributed by atoms with Crippen molar-refractivity contribution in [2.75, 3.05) is 27.2 Å². The molecule has 0 aliphatic heterocycles. The van der Waals surface area contributed by atoms with E-state index in [4.69, 9.17) is 0 Å². The number of aliphatic carboxylic acids is 1. The first-order chi connectivity index (χ1) is 6.45. The number of carbonyl (C=O) groups is 1. The van der Waals surface area contributed by atoms with Crippen LogP contribution in [-0.2, 0) is 4.79 Å². The molecule has 0 amide bonds. The summed E-state index contributed by atoms with van der Waals surface area (Å²) in [6.07, 6.45) is 1.87. The fraction of sp³-hybridized carbons (Fsp3) is 0.900. The van der Waals surface area contributed by atoms with Crippen LogP contribution in [0.3, 0.4) is 0 Å². The summed E-state index contributed by atoms with van der Waals surface area (Å²) in [5.41, 5.74) is 3.73. The molecule has 0 aromatic rings. The van der Waals surface area contributed by atoms with Gasteiger partial charge in [-0.1, -0.05) is 13.8 Å². The van der Waals surface area contributed by atoms with Gasteiger partial charge in [0.2, 0.25) is 0 Å². The van der Waals surface area contributed by atoms with Crippen molar-refractivity contribution < 1.29 is 15.6 Å². The molecule has 1 atom stereocenters. The van der Waals surface area contributed by atoms with Crippen LogP contribution in [0.1, 0.15) is 26.7 Å². The summed E-state index contributed by atoms with van der Waals surface area (Å²) < 4.78 is 0. The van der Waals surface area contributed by atoms with Crippen LogP contribution in [-0.4, -0.2) is 38.1 Å². The van der Waals surface area contributed by atoms with Crippen LogP contribution in [0, 0.1) is 5.92 Å². The Bertz CT molecular complexity index is 138. The number of carboxylic acids is 1. The largest absolute Gasteiger partial charge is 0.550 e. The van der Waals surface area contributed by atoms with Crippen molar-refractivity contribution in [3.63, 3.8) is 0 Å². The van der Waals surface area contributed by atoms with Gasteiger partial charge in [0.15, 0.2) is 0 Å². The van der Waals surface area contributed by atoms with E-state index in [0.29, 0.717) is 6.42 Å². The molecule has 0 aliphatic carbocycles. The third-order valence-electron chi connectivity index (χ3n) is 1.87. The predicted molar refractivity (Wildman–Crippen MR) is 55.4 cm³/mol. The van der Waals surface area contributed by atoms with E-state index in [9.17, 15) is 9.90 Å². The van der Waals surface area contributed by atoms with Crippen molar-refractivity contribution >= 4 is 5.97 Å². The molecule has 0 saturated carbocycles. The highest BCUT2D eigenvalue weighted by molar-refractivity contribution is 5.66. The van der Waals surface area contributed by atoms with E-state index in [1.165, 1.54) is 13.0 Å². The van der Waals surface area contributed by atoms with Crippen LogP contribution in [0.5, 0.6) is 0 Å². The lowest BCUT2D eigenvalue weighted by Crippen LogP contribution is -2.50. The first-order valence-corrected chi connectivity index (χ1v) is 5.10. The minimum atomic E-state index is -0.956. The molecule has 0 aliphatic rings. The van der Waals surface area contributed by atoms with E-state index in [1.807, 2.05) is 6.92 Å². The molecule has 86 valence electrons. The van der Waals surface area contributed by atoms with E-state index < -0.39 is 5.97 Å². The van der Waals surface area contributed by atoms with Crippen molar-refractivity contribution in [3.05, 3.63) is 0 Å². The lowest BCUT2D eigenvalue weighted by atomic mass is 10.1. The maximum atomic E-state index is 9.82. The molecule has 0 rings (SSSR count). The SMILES string of the molecule is CCC(C)C(=O)[O-].CN(C)CCC[NH3+]. The molecule has 0 spiro atoms. The second-order valence-corrected chi connectivity index (χ2v) is 3.64. The van der Waals surface area contributed by atoms with Crippen molar-refractivity contribution in [1.29, 1.82) is 0 Å². The molecule has 0 fully saturated rings. The number of carboxylic acid groups (broad SMARTS) is 1. The molecule has 0 heterocycles. The molecule has 4 heteroatoms. The average molecular weight is 204 g/mol. The molecule has 3 N–H and O–H groups in total. The maximum absolute atomic E-state index is 9.82. The minimum Gasteiger partial charge on any atom is -0.550 e. The van der Waals surface area contributed by atoms with Gasteiger partial charge in [-0.25, -0.2) is 0 Å². The zero-order valence-electron chi connectivity index (χ0n) is 9.88. The van der Waals surface area contributed by atoms with Crippen LogP contribution in [0.4, 0.5) is 0 Å². The lowest BCUT2D eigenvalue weighted by Gasteiger charge is -2.06. The Morgan fingerprint density at radius 1 is 1.50 bits per heavy atom. The Hall–Kier alpha value is -0.610. The number of rotatable bonds is 5. The van der Waals surface area contributed by atoms with Gasteiger partial charge >= 0.3 is 0 Å². The first-order valence-electron chi connectivity index (χ1n) is 5.10. The summed E-state index contributed by atoms with van der Waals surface area (Å²) in [6, 6.07) is 0. The van der Waals surface area contributed by atoms with E-state index in [1.54, 1.807) is 6.92 Å². The highest BCUT2D eigenvalue weighted by Crippen LogP contribution is 1.95. The first kappa shape index (κ1) is 15.8. The molecular weight excluding hydrogens is 180 g/mol. The summed E-state index contributed by atoms with van der Waals surface area (Å²) in [5, 5.41) is 9.82. The second-order valence-electron chi connectivity index (χ2n) is 3.64. The summed E-state index contributed by atoms with van der Waals surface area (Å²) in [7, 11) is 4.16. The van der Waals surface area contributed by atoms with E-state index in [-0.39, 0.29) is 5.92 Å². The summed E-state index contributed by atoms with van der Waals surface area (Å²) in [6.45, 7) is 5.68. The fourth-order valence-electron chi connectivity index (χ4n) is 0.595. The van der Waals surface area contributed by atoms with Gasteiger partial charge in [0.05, 0.1) is 6.54 Å². The molecule has 0 aromatic carbocycles. The lowest BCUT2D eigenvalue weighted by molar-refractivity contribution is -0.368. The molecule has 1 unspecified atom stereocenters. The third kappa shape index (κ3) is 13.9. The van der Waals surface area contributed by atoms with Crippen LogP contribution in [0.2, 0.25) is 0 Å². The Labute approximate surface area is 87.1 Å². The van der Waals surface area contributed by atoms with Gasteiger partial charge in [-0.2, -0.15) is 0 Å². The minimum absolute atomic E-state index is 0.292. The highest BCUT2D eigenvalue weighted by atomic mass is 16.4. The Morgan fingerprint density at radius 2 is 2.00 bits per heavy atom. The molecule has 0 aromatic heterocycles.